The SMILES string of the molecule is COc1ccccc1SC(C)C(=O)NC(C)C(=O)O. The maximum atomic E-state index is 11.8. The van der Waals surface area contributed by atoms with Gasteiger partial charge in [-0.3, -0.25) is 9.59 Å². The lowest BCUT2D eigenvalue weighted by Gasteiger charge is -2.15. The van der Waals surface area contributed by atoms with E-state index in [0.29, 0.717) is 5.75 Å². The predicted octanol–water partition coefficient (Wildman–Crippen LogP) is 1.77. The van der Waals surface area contributed by atoms with E-state index in [2.05, 4.69) is 5.32 Å². The van der Waals surface area contributed by atoms with E-state index in [1.807, 2.05) is 24.3 Å². The van der Waals surface area contributed by atoms with Crippen LogP contribution in [0, 0.1) is 0 Å². The first kappa shape index (κ1) is 15.4. The van der Waals surface area contributed by atoms with Crippen LogP contribution in [0.3, 0.4) is 0 Å². The second kappa shape index (κ2) is 7.04. The van der Waals surface area contributed by atoms with Gasteiger partial charge in [-0.05, 0) is 26.0 Å². The van der Waals surface area contributed by atoms with Gasteiger partial charge in [-0.25, -0.2) is 0 Å². The average Bonchev–Trinajstić information content (AvgIpc) is 2.38. The van der Waals surface area contributed by atoms with Crippen molar-refractivity contribution in [3.05, 3.63) is 24.3 Å². The Kier molecular flexibility index (Phi) is 5.69. The molecule has 1 rings (SSSR count). The van der Waals surface area contributed by atoms with E-state index in [1.165, 1.54) is 18.7 Å². The summed E-state index contributed by atoms with van der Waals surface area (Å²) in [5.41, 5.74) is 0. The molecule has 1 aromatic carbocycles. The minimum atomic E-state index is -1.05. The largest absolute Gasteiger partial charge is 0.496 e. The van der Waals surface area contributed by atoms with Gasteiger partial charge in [0.05, 0.1) is 17.3 Å². The molecular weight excluding hydrogens is 266 g/mol. The number of benzene rings is 1. The molecule has 2 N–H and O–H groups in total. The Bertz CT molecular complexity index is 464. The second-order valence-corrected chi connectivity index (χ2v) is 5.36. The van der Waals surface area contributed by atoms with Gasteiger partial charge >= 0.3 is 5.97 Å². The van der Waals surface area contributed by atoms with Gasteiger partial charge in [0.2, 0.25) is 5.91 Å². The van der Waals surface area contributed by atoms with Crippen molar-refractivity contribution in [3.8, 4) is 5.75 Å². The quantitative estimate of drug-likeness (QED) is 0.778. The highest BCUT2D eigenvalue weighted by atomic mass is 32.2. The number of hydrogen-bond donors (Lipinski definition) is 2. The standard InChI is InChI=1S/C13H17NO4S/c1-8(13(16)17)14-12(15)9(2)19-11-7-5-4-6-10(11)18-3/h4-9H,1-3H3,(H,14,15)(H,16,17). The van der Waals surface area contributed by atoms with Crippen molar-refractivity contribution in [1.82, 2.24) is 5.32 Å². The first-order valence-corrected chi connectivity index (χ1v) is 6.66. The molecule has 19 heavy (non-hydrogen) atoms. The number of nitrogens with one attached hydrogen (secondary N) is 1. The van der Waals surface area contributed by atoms with E-state index in [4.69, 9.17) is 9.84 Å². The number of carboxylic acids is 1. The third kappa shape index (κ3) is 4.48. The van der Waals surface area contributed by atoms with E-state index >= 15 is 0 Å². The van der Waals surface area contributed by atoms with Gasteiger partial charge < -0.3 is 15.2 Å². The van der Waals surface area contributed by atoms with Crippen LogP contribution in [-0.2, 0) is 9.59 Å². The molecule has 0 spiro atoms. The van der Waals surface area contributed by atoms with Crippen LogP contribution in [0.15, 0.2) is 29.2 Å². The summed E-state index contributed by atoms with van der Waals surface area (Å²) in [6.07, 6.45) is 0. The smallest absolute Gasteiger partial charge is 0.325 e. The number of hydrogen-bond acceptors (Lipinski definition) is 4. The summed E-state index contributed by atoms with van der Waals surface area (Å²) in [6.45, 7) is 3.15. The highest BCUT2D eigenvalue weighted by Gasteiger charge is 2.20. The lowest BCUT2D eigenvalue weighted by atomic mass is 10.3. The first-order valence-electron chi connectivity index (χ1n) is 5.78. The molecular formula is C13H17NO4S. The number of amides is 1. The molecule has 0 aromatic heterocycles. The lowest BCUT2D eigenvalue weighted by molar-refractivity contribution is -0.141. The molecule has 2 unspecified atom stereocenters. The van der Waals surface area contributed by atoms with Gasteiger partial charge in [-0.1, -0.05) is 12.1 Å². The van der Waals surface area contributed by atoms with Crippen molar-refractivity contribution in [1.29, 1.82) is 0 Å². The number of para-hydroxylation sites is 1. The van der Waals surface area contributed by atoms with Gasteiger partial charge in [-0.15, -0.1) is 11.8 Å². The number of thioether (sulfide) groups is 1. The summed E-state index contributed by atoms with van der Waals surface area (Å²) >= 11 is 1.33. The van der Waals surface area contributed by atoms with E-state index in [0.717, 1.165) is 4.90 Å². The van der Waals surface area contributed by atoms with Crippen LogP contribution in [0.2, 0.25) is 0 Å². The van der Waals surface area contributed by atoms with Crippen molar-refractivity contribution in [2.24, 2.45) is 0 Å². The minimum Gasteiger partial charge on any atom is -0.496 e. The molecule has 2 atom stereocenters. The number of carbonyl (C=O) groups is 2. The molecule has 104 valence electrons. The molecule has 0 aliphatic heterocycles. The Morgan fingerprint density at radius 2 is 1.95 bits per heavy atom. The number of carbonyl (C=O) groups excluding carboxylic acids is 1. The Hall–Kier alpha value is -1.69. The average molecular weight is 283 g/mol. The number of ether oxygens (including phenoxy) is 1. The second-order valence-electron chi connectivity index (χ2n) is 3.98. The molecule has 0 aliphatic carbocycles. The predicted molar refractivity (Wildman–Crippen MR) is 73.6 cm³/mol. The third-order valence-corrected chi connectivity index (χ3v) is 3.63. The summed E-state index contributed by atoms with van der Waals surface area (Å²) in [7, 11) is 1.57. The fourth-order valence-electron chi connectivity index (χ4n) is 1.35. The fourth-order valence-corrected chi connectivity index (χ4v) is 2.33. The molecule has 0 saturated carbocycles. The number of rotatable bonds is 6. The molecule has 5 nitrogen and oxygen atoms in total. The van der Waals surface area contributed by atoms with E-state index < -0.39 is 17.3 Å². The molecule has 0 saturated heterocycles. The summed E-state index contributed by atoms with van der Waals surface area (Å²) < 4.78 is 5.20. The number of aliphatic carboxylic acids is 1. The van der Waals surface area contributed by atoms with Crippen LogP contribution >= 0.6 is 11.8 Å². The van der Waals surface area contributed by atoms with Crippen molar-refractivity contribution in [3.63, 3.8) is 0 Å². The third-order valence-electron chi connectivity index (χ3n) is 2.47. The van der Waals surface area contributed by atoms with Gasteiger partial charge in [0, 0.05) is 0 Å². The zero-order valence-electron chi connectivity index (χ0n) is 11.0. The van der Waals surface area contributed by atoms with Crippen molar-refractivity contribution in [2.45, 2.75) is 30.0 Å². The zero-order chi connectivity index (χ0) is 14.4. The maximum absolute atomic E-state index is 11.8. The monoisotopic (exact) mass is 283 g/mol. The molecule has 1 aromatic rings. The van der Waals surface area contributed by atoms with Crippen LogP contribution in [-0.4, -0.2) is 35.4 Å². The van der Waals surface area contributed by atoms with E-state index in [9.17, 15) is 9.59 Å². The molecule has 0 aliphatic rings. The van der Waals surface area contributed by atoms with Crippen molar-refractivity contribution >= 4 is 23.6 Å². The number of methoxy groups -OCH3 is 1. The van der Waals surface area contributed by atoms with Gasteiger partial charge in [0.25, 0.3) is 0 Å². The van der Waals surface area contributed by atoms with Crippen LogP contribution in [0.5, 0.6) is 5.75 Å². The van der Waals surface area contributed by atoms with Gasteiger partial charge in [-0.2, -0.15) is 0 Å². The molecule has 0 bridgehead atoms. The number of carboxylic acid groups (broad SMARTS) is 1. The normalized spacial score (nSPS) is 13.4. The van der Waals surface area contributed by atoms with Crippen LogP contribution in [0.4, 0.5) is 0 Å². The molecule has 0 fully saturated rings. The van der Waals surface area contributed by atoms with Crippen molar-refractivity contribution in [2.75, 3.05) is 7.11 Å². The van der Waals surface area contributed by atoms with Crippen LogP contribution in [0.1, 0.15) is 13.8 Å². The van der Waals surface area contributed by atoms with E-state index in [-0.39, 0.29) is 5.91 Å². The highest BCUT2D eigenvalue weighted by Crippen LogP contribution is 2.31. The molecule has 1 amide bonds. The van der Waals surface area contributed by atoms with Gasteiger partial charge in [0.1, 0.15) is 11.8 Å². The Morgan fingerprint density at radius 3 is 2.53 bits per heavy atom. The topological polar surface area (TPSA) is 75.6 Å². The summed E-state index contributed by atoms with van der Waals surface area (Å²) in [6, 6.07) is 6.48. The Morgan fingerprint density at radius 1 is 1.32 bits per heavy atom. The van der Waals surface area contributed by atoms with Gasteiger partial charge in [0.15, 0.2) is 0 Å². The summed E-state index contributed by atoms with van der Waals surface area (Å²) in [5.74, 6) is -0.674. The maximum Gasteiger partial charge on any atom is 0.325 e. The zero-order valence-corrected chi connectivity index (χ0v) is 11.9. The highest BCUT2D eigenvalue weighted by molar-refractivity contribution is 8.00. The fraction of sp³-hybridized carbons (Fsp3) is 0.385. The summed E-state index contributed by atoms with van der Waals surface area (Å²) in [5, 5.41) is 10.8. The minimum absolute atomic E-state index is 0.314. The molecule has 0 heterocycles. The van der Waals surface area contributed by atoms with Crippen LogP contribution in [0.25, 0.3) is 0 Å². The lowest BCUT2D eigenvalue weighted by Crippen LogP contribution is -2.42. The Balaban J connectivity index is 2.66. The van der Waals surface area contributed by atoms with Crippen molar-refractivity contribution < 1.29 is 19.4 Å². The molecule has 6 heteroatoms. The first-order chi connectivity index (χ1) is 8.95. The summed E-state index contributed by atoms with van der Waals surface area (Å²) in [4.78, 5) is 23.3. The Labute approximate surface area is 116 Å². The van der Waals surface area contributed by atoms with E-state index in [1.54, 1.807) is 14.0 Å². The van der Waals surface area contributed by atoms with Crippen LogP contribution < -0.4 is 10.1 Å². The molecule has 0 radical (unpaired) electrons.